The minimum Gasteiger partial charge on any atom is -0.497 e. The van der Waals surface area contributed by atoms with Crippen LogP contribution in [-0.4, -0.2) is 30.1 Å². The second-order valence-electron chi connectivity index (χ2n) is 4.50. The molecule has 6 heteroatoms. The highest BCUT2D eigenvalue weighted by Gasteiger charge is 2.16. The van der Waals surface area contributed by atoms with Gasteiger partial charge in [-0.25, -0.2) is 4.79 Å². The average molecular weight is 320 g/mol. The molecule has 0 radical (unpaired) electrons. The maximum atomic E-state index is 11.8. The summed E-state index contributed by atoms with van der Waals surface area (Å²) in [5, 5.41) is 10.3. The number of carbonyl (C=O) groups is 2. The molecular formula is C16H16O5S. The number of hydrogen-bond donors (Lipinski definition) is 1. The number of carbonyl (C=O) groups excluding carboxylic acids is 1. The molecule has 0 aliphatic carbocycles. The number of carboxylic acid groups (broad SMARTS) is 1. The fraction of sp³-hybridized carbons (Fsp3) is 0.250. The number of ether oxygens (including phenoxy) is 2. The van der Waals surface area contributed by atoms with Crippen LogP contribution in [0.3, 0.4) is 0 Å². The summed E-state index contributed by atoms with van der Waals surface area (Å²) < 4.78 is 10.1. The first-order valence-corrected chi connectivity index (χ1v) is 7.52. The molecule has 0 saturated heterocycles. The standard InChI is InChI=1S/C16H16O5S/c1-3-21-16(19)22-15-11(9-14(17)18)5-4-10-8-12(20-2)6-7-13(10)15/h4-8H,3,9H2,1-2H3,(H,17,18). The Kier molecular flexibility index (Phi) is 5.27. The van der Waals surface area contributed by atoms with Crippen molar-refractivity contribution in [3.8, 4) is 5.75 Å². The maximum absolute atomic E-state index is 11.8. The Balaban J connectivity index is 2.53. The van der Waals surface area contributed by atoms with E-state index in [2.05, 4.69) is 0 Å². The lowest BCUT2D eigenvalue weighted by Gasteiger charge is -2.12. The molecule has 2 rings (SSSR count). The van der Waals surface area contributed by atoms with Gasteiger partial charge in [0.15, 0.2) is 0 Å². The van der Waals surface area contributed by atoms with Gasteiger partial charge in [-0.15, -0.1) is 0 Å². The molecule has 0 spiro atoms. The van der Waals surface area contributed by atoms with E-state index in [-0.39, 0.29) is 13.0 Å². The fourth-order valence-electron chi connectivity index (χ4n) is 2.10. The van der Waals surface area contributed by atoms with Crippen molar-refractivity contribution in [1.82, 2.24) is 0 Å². The number of hydrogen-bond acceptors (Lipinski definition) is 5. The third-order valence-electron chi connectivity index (χ3n) is 3.05. The Hall–Kier alpha value is -2.21. The van der Waals surface area contributed by atoms with Crippen LogP contribution in [0.15, 0.2) is 35.2 Å². The Morgan fingerprint density at radius 2 is 2.00 bits per heavy atom. The van der Waals surface area contributed by atoms with E-state index in [1.807, 2.05) is 18.2 Å². The van der Waals surface area contributed by atoms with Gasteiger partial charge in [-0.2, -0.15) is 0 Å². The van der Waals surface area contributed by atoms with E-state index in [1.165, 1.54) is 0 Å². The molecule has 0 fully saturated rings. The van der Waals surface area contributed by atoms with E-state index in [4.69, 9.17) is 14.6 Å². The molecule has 0 atom stereocenters. The molecule has 0 aromatic heterocycles. The third-order valence-corrected chi connectivity index (χ3v) is 4.02. The van der Waals surface area contributed by atoms with Gasteiger partial charge in [-0.1, -0.05) is 12.1 Å². The Morgan fingerprint density at radius 3 is 2.64 bits per heavy atom. The molecule has 2 aromatic carbocycles. The Labute approximate surface area is 132 Å². The molecule has 0 heterocycles. The van der Waals surface area contributed by atoms with Crippen LogP contribution in [0, 0.1) is 0 Å². The number of aliphatic carboxylic acids is 1. The third kappa shape index (κ3) is 3.71. The molecule has 0 unspecified atom stereocenters. The first-order chi connectivity index (χ1) is 10.5. The smallest absolute Gasteiger partial charge is 0.372 e. The first kappa shape index (κ1) is 16.2. The molecule has 0 bridgehead atoms. The van der Waals surface area contributed by atoms with Crippen LogP contribution in [0.4, 0.5) is 4.79 Å². The molecule has 2 aromatic rings. The van der Waals surface area contributed by atoms with Crippen LogP contribution >= 0.6 is 11.8 Å². The minimum absolute atomic E-state index is 0.149. The van der Waals surface area contributed by atoms with Gasteiger partial charge in [0.1, 0.15) is 5.75 Å². The summed E-state index contributed by atoms with van der Waals surface area (Å²) in [6, 6.07) is 8.99. The van der Waals surface area contributed by atoms with Crippen LogP contribution < -0.4 is 4.74 Å². The van der Waals surface area contributed by atoms with Crippen molar-refractivity contribution in [2.75, 3.05) is 13.7 Å². The highest BCUT2D eigenvalue weighted by Crippen LogP contribution is 2.34. The summed E-state index contributed by atoms with van der Waals surface area (Å²) in [4.78, 5) is 23.4. The van der Waals surface area contributed by atoms with Crippen molar-refractivity contribution in [3.63, 3.8) is 0 Å². The van der Waals surface area contributed by atoms with Crippen molar-refractivity contribution in [2.24, 2.45) is 0 Å². The van der Waals surface area contributed by atoms with Crippen molar-refractivity contribution in [1.29, 1.82) is 0 Å². The minimum atomic E-state index is -0.946. The highest BCUT2D eigenvalue weighted by molar-refractivity contribution is 8.13. The largest absolute Gasteiger partial charge is 0.497 e. The SMILES string of the molecule is CCOC(=O)Sc1c(CC(=O)O)ccc2cc(OC)ccc12. The Morgan fingerprint density at radius 1 is 1.23 bits per heavy atom. The van der Waals surface area contributed by atoms with E-state index < -0.39 is 11.3 Å². The molecular weight excluding hydrogens is 304 g/mol. The van der Waals surface area contributed by atoms with E-state index in [0.717, 1.165) is 22.5 Å². The zero-order valence-corrected chi connectivity index (χ0v) is 13.1. The van der Waals surface area contributed by atoms with Crippen LogP contribution in [0.5, 0.6) is 5.75 Å². The number of thioether (sulfide) groups is 1. The lowest BCUT2D eigenvalue weighted by molar-refractivity contribution is -0.136. The normalized spacial score (nSPS) is 10.5. The van der Waals surface area contributed by atoms with E-state index in [0.29, 0.717) is 16.2 Å². The molecule has 1 N–H and O–H groups in total. The van der Waals surface area contributed by atoms with Gasteiger partial charge < -0.3 is 14.6 Å². The highest BCUT2D eigenvalue weighted by atomic mass is 32.2. The zero-order chi connectivity index (χ0) is 16.1. The fourth-order valence-corrected chi connectivity index (χ4v) is 3.02. The van der Waals surface area contributed by atoms with Gasteiger partial charge in [-0.3, -0.25) is 4.79 Å². The van der Waals surface area contributed by atoms with Crippen molar-refractivity contribution >= 4 is 33.8 Å². The second kappa shape index (κ2) is 7.17. The predicted molar refractivity (Wildman–Crippen MR) is 84.7 cm³/mol. The molecule has 0 aliphatic heterocycles. The number of carboxylic acids is 1. The van der Waals surface area contributed by atoms with Gasteiger partial charge in [0, 0.05) is 4.90 Å². The van der Waals surface area contributed by atoms with Crippen LogP contribution in [0.25, 0.3) is 10.8 Å². The summed E-state index contributed by atoms with van der Waals surface area (Å²) in [6.07, 6.45) is -0.149. The van der Waals surface area contributed by atoms with Crippen LogP contribution in [0.1, 0.15) is 12.5 Å². The number of benzene rings is 2. The summed E-state index contributed by atoms with van der Waals surface area (Å²) >= 11 is 0.914. The molecule has 116 valence electrons. The molecule has 22 heavy (non-hydrogen) atoms. The van der Waals surface area contributed by atoms with Crippen molar-refractivity contribution in [2.45, 2.75) is 18.2 Å². The van der Waals surface area contributed by atoms with Crippen molar-refractivity contribution < 1.29 is 24.2 Å². The van der Waals surface area contributed by atoms with E-state index in [1.54, 1.807) is 26.2 Å². The topological polar surface area (TPSA) is 72.8 Å². The summed E-state index contributed by atoms with van der Waals surface area (Å²) in [5.74, 6) is -0.246. The summed E-state index contributed by atoms with van der Waals surface area (Å²) in [7, 11) is 1.58. The van der Waals surface area contributed by atoms with Gasteiger partial charge in [0.2, 0.25) is 0 Å². The van der Waals surface area contributed by atoms with Crippen LogP contribution in [0.2, 0.25) is 0 Å². The predicted octanol–water partition coefficient (Wildman–Crippen LogP) is 3.72. The second-order valence-corrected chi connectivity index (χ2v) is 5.44. The van der Waals surface area contributed by atoms with E-state index >= 15 is 0 Å². The molecule has 0 saturated carbocycles. The zero-order valence-electron chi connectivity index (χ0n) is 12.3. The number of rotatable bonds is 5. The molecule has 5 nitrogen and oxygen atoms in total. The first-order valence-electron chi connectivity index (χ1n) is 6.71. The van der Waals surface area contributed by atoms with E-state index in [9.17, 15) is 9.59 Å². The van der Waals surface area contributed by atoms with Gasteiger partial charge >= 0.3 is 11.3 Å². The lowest BCUT2D eigenvalue weighted by Crippen LogP contribution is -2.04. The summed E-state index contributed by atoms with van der Waals surface area (Å²) in [6.45, 7) is 2.00. The van der Waals surface area contributed by atoms with Gasteiger partial charge in [-0.05, 0) is 53.2 Å². The monoisotopic (exact) mass is 320 g/mol. The molecule has 0 aliphatic rings. The maximum Gasteiger partial charge on any atom is 0.372 e. The van der Waals surface area contributed by atoms with Crippen LogP contribution in [-0.2, 0) is 16.0 Å². The molecule has 0 amide bonds. The summed E-state index contributed by atoms with van der Waals surface area (Å²) in [5.41, 5.74) is 0.586. The number of methoxy groups -OCH3 is 1. The Bertz CT molecular complexity index is 711. The van der Waals surface area contributed by atoms with Gasteiger partial charge in [0.05, 0.1) is 20.1 Å². The van der Waals surface area contributed by atoms with Gasteiger partial charge in [0.25, 0.3) is 0 Å². The van der Waals surface area contributed by atoms with Crippen molar-refractivity contribution in [3.05, 3.63) is 35.9 Å². The quantitative estimate of drug-likeness (QED) is 0.668. The average Bonchev–Trinajstić information content (AvgIpc) is 2.48. The number of fused-ring (bicyclic) bond motifs is 1. The lowest BCUT2D eigenvalue weighted by atomic mass is 10.0.